The molecule has 3 rings (SSSR count). The second kappa shape index (κ2) is 8.17. The monoisotopic (exact) mass is 399 g/mol. The van der Waals surface area contributed by atoms with Crippen molar-refractivity contribution in [3.8, 4) is 0 Å². The number of nitrogens with zero attached hydrogens (tertiary/aromatic N) is 1. The standard InChI is InChI=1S/C21H21NO2.BrH/c1-16-9-7-8-12-19(16)22-14-13-18-15-20(24-21(2,3)23-18)17-10-5-4-6-11-17;/h4-15H,1-3H3;1H/b18-13-,22-14?;. The second-order valence-corrected chi connectivity index (χ2v) is 6.11. The number of benzene rings is 2. The Morgan fingerprint density at radius 2 is 1.60 bits per heavy atom. The van der Waals surface area contributed by atoms with E-state index in [2.05, 4.69) is 4.99 Å². The summed E-state index contributed by atoms with van der Waals surface area (Å²) in [6.07, 6.45) is 5.52. The lowest BCUT2D eigenvalue weighted by molar-refractivity contribution is -0.149. The van der Waals surface area contributed by atoms with E-state index in [1.807, 2.05) is 87.5 Å². The quantitative estimate of drug-likeness (QED) is 0.593. The molecule has 0 saturated heterocycles. The Morgan fingerprint density at radius 1 is 0.920 bits per heavy atom. The van der Waals surface area contributed by atoms with Crippen LogP contribution in [0.3, 0.4) is 0 Å². The minimum atomic E-state index is -0.720. The molecule has 0 radical (unpaired) electrons. The Morgan fingerprint density at radius 3 is 2.32 bits per heavy atom. The fraction of sp³-hybridized carbons (Fsp3) is 0.190. The molecule has 0 N–H and O–H groups in total. The van der Waals surface area contributed by atoms with Crippen LogP contribution in [0.5, 0.6) is 0 Å². The molecule has 0 aliphatic carbocycles. The van der Waals surface area contributed by atoms with Crippen LogP contribution in [0.4, 0.5) is 5.69 Å². The highest BCUT2D eigenvalue weighted by Crippen LogP contribution is 2.32. The van der Waals surface area contributed by atoms with E-state index in [9.17, 15) is 0 Å². The number of rotatable bonds is 3. The van der Waals surface area contributed by atoms with Crippen molar-refractivity contribution < 1.29 is 9.47 Å². The van der Waals surface area contributed by atoms with E-state index in [-0.39, 0.29) is 17.0 Å². The van der Waals surface area contributed by atoms with Gasteiger partial charge >= 0.3 is 0 Å². The fourth-order valence-electron chi connectivity index (χ4n) is 2.48. The van der Waals surface area contributed by atoms with Gasteiger partial charge in [-0.2, -0.15) is 0 Å². The van der Waals surface area contributed by atoms with Crippen molar-refractivity contribution in [1.29, 1.82) is 0 Å². The predicted molar refractivity (Wildman–Crippen MR) is 108 cm³/mol. The van der Waals surface area contributed by atoms with Crippen molar-refractivity contribution >= 4 is 34.6 Å². The Kier molecular flexibility index (Phi) is 6.21. The summed E-state index contributed by atoms with van der Waals surface area (Å²) in [5.74, 6) is 0.798. The Hall–Kier alpha value is -2.33. The van der Waals surface area contributed by atoms with Crippen molar-refractivity contribution in [2.24, 2.45) is 4.99 Å². The van der Waals surface area contributed by atoms with E-state index < -0.39 is 5.79 Å². The van der Waals surface area contributed by atoms with Gasteiger partial charge in [-0.3, -0.25) is 4.99 Å². The van der Waals surface area contributed by atoms with Crippen LogP contribution in [0.1, 0.15) is 25.0 Å². The first-order chi connectivity index (χ1) is 11.5. The molecule has 0 aromatic heterocycles. The Bertz CT molecular complexity index is 808. The molecule has 130 valence electrons. The van der Waals surface area contributed by atoms with Gasteiger partial charge in [0.2, 0.25) is 5.79 Å². The first kappa shape index (κ1) is 19.0. The fourth-order valence-corrected chi connectivity index (χ4v) is 2.48. The van der Waals surface area contributed by atoms with Gasteiger partial charge < -0.3 is 9.47 Å². The SMILES string of the molecule is Br.Cc1ccccc1N=C/C=C1/C=C(c2ccccc2)OC(C)(C)O1. The number of ether oxygens (including phenoxy) is 2. The summed E-state index contributed by atoms with van der Waals surface area (Å²) in [6.45, 7) is 5.84. The smallest absolute Gasteiger partial charge is 0.245 e. The molecule has 0 bridgehead atoms. The lowest BCUT2D eigenvalue weighted by Crippen LogP contribution is -2.30. The van der Waals surface area contributed by atoms with E-state index in [1.165, 1.54) is 0 Å². The zero-order valence-corrected chi connectivity index (χ0v) is 16.3. The highest BCUT2D eigenvalue weighted by Gasteiger charge is 2.28. The molecule has 2 aromatic carbocycles. The predicted octanol–water partition coefficient (Wildman–Crippen LogP) is 5.98. The molecule has 0 spiro atoms. The van der Waals surface area contributed by atoms with E-state index in [4.69, 9.17) is 9.47 Å². The van der Waals surface area contributed by atoms with Crippen molar-refractivity contribution in [3.05, 3.63) is 83.6 Å². The minimum absolute atomic E-state index is 0. The summed E-state index contributed by atoms with van der Waals surface area (Å²) in [7, 11) is 0. The van der Waals surface area contributed by atoms with Crippen LogP contribution >= 0.6 is 17.0 Å². The molecule has 4 heteroatoms. The van der Waals surface area contributed by atoms with Gasteiger partial charge in [0.05, 0.1) is 5.69 Å². The van der Waals surface area contributed by atoms with Crippen LogP contribution in [-0.4, -0.2) is 12.0 Å². The van der Waals surface area contributed by atoms with E-state index in [0.29, 0.717) is 0 Å². The molecular weight excluding hydrogens is 378 g/mol. The van der Waals surface area contributed by atoms with Crippen molar-refractivity contribution in [2.75, 3.05) is 0 Å². The lowest BCUT2D eigenvalue weighted by atomic mass is 10.1. The first-order valence-electron chi connectivity index (χ1n) is 7.99. The summed E-state index contributed by atoms with van der Waals surface area (Å²) < 4.78 is 11.8. The molecule has 1 aliphatic rings. The van der Waals surface area contributed by atoms with Crippen molar-refractivity contribution in [2.45, 2.75) is 26.6 Å². The molecule has 0 atom stereocenters. The maximum atomic E-state index is 5.93. The molecule has 1 heterocycles. The topological polar surface area (TPSA) is 30.8 Å². The maximum Gasteiger partial charge on any atom is 0.245 e. The molecule has 2 aromatic rings. The number of hydrogen-bond acceptors (Lipinski definition) is 3. The van der Waals surface area contributed by atoms with Crippen LogP contribution in [0, 0.1) is 6.92 Å². The summed E-state index contributed by atoms with van der Waals surface area (Å²) in [5, 5.41) is 0. The number of hydrogen-bond donors (Lipinski definition) is 0. The second-order valence-electron chi connectivity index (χ2n) is 6.11. The van der Waals surface area contributed by atoms with E-state index >= 15 is 0 Å². The maximum absolute atomic E-state index is 5.93. The van der Waals surface area contributed by atoms with Crippen LogP contribution in [0.2, 0.25) is 0 Å². The van der Waals surface area contributed by atoms with Crippen LogP contribution in [0.25, 0.3) is 5.76 Å². The van der Waals surface area contributed by atoms with Gasteiger partial charge in [-0.15, -0.1) is 17.0 Å². The van der Waals surface area contributed by atoms with Gasteiger partial charge in [-0.25, -0.2) is 0 Å². The third kappa shape index (κ3) is 5.07. The van der Waals surface area contributed by atoms with Gasteiger partial charge in [-0.05, 0) is 24.6 Å². The van der Waals surface area contributed by atoms with Crippen molar-refractivity contribution in [3.63, 3.8) is 0 Å². The van der Waals surface area contributed by atoms with Gasteiger partial charge in [0.25, 0.3) is 0 Å². The van der Waals surface area contributed by atoms with Gasteiger partial charge in [-0.1, -0.05) is 48.5 Å². The van der Waals surface area contributed by atoms with Crippen LogP contribution < -0.4 is 0 Å². The lowest BCUT2D eigenvalue weighted by Gasteiger charge is -2.33. The Balaban J connectivity index is 0.00000225. The zero-order chi connectivity index (χ0) is 17.0. The highest BCUT2D eigenvalue weighted by molar-refractivity contribution is 8.93. The normalized spacial score (nSPS) is 17.4. The molecule has 0 saturated carbocycles. The largest absolute Gasteiger partial charge is 0.453 e. The summed E-state index contributed by atoms with van der Waals surface area (Å²) >= 11 is 0. The molecule has 0 amide bonds. The molecule has 3 nitrogen and oxygen atoms in total. The number of aliphatic imine (C=N–C) groups is 1. The number of aryl methyl sites for hydroxylation is 1. The molecule has 0 fully saturated rings. The Labute approximate surface area is 159 Å². The van der Waals surface area contributed by atoms with Crippen LogP contribution in [-0.2, 0) is 9.47 Å². The molecule has 0 unspecified atom stereocenters. The van der Waals surface area contributed by atoms with Gasteiger partial charge in [0.15, 0.2) is 0 Å². The summed E-state index contributed by atoms with van der Waals surface area (Å²) in [5.41, 5.74) is 3.12. The zero-order valence-electron chi connectivity index (χ0n) is 14.6. The summed E-state index contributed by atoms with van der Waals surface area (Å²) in [6, 6.07) is 18.0. The molecule has 1 aliphatic heterocycles. The highest BCUT2D eigenvalue weighted by atomic mass is 79.9. The van der Waals surface area contributed by atoms with E-state index in [1.54, 1.807) is 6.21 Å². The van der Waals surface area contributed by atoms with Crippen LogP contribution in [0.15, 0.2) is 77.5 Å². The minimum Gasteiger partial charge on any atom is -0.453 e. The van der Waals surface area contributed by atoms with Gasteiger partial charge in [0, 0.05) is 31.7 Å². The molecular formula is C21H22BrNO2. The third-order valence-corrected chi connectivity index (χ3v) is 3.62. The number of halogens is 1. The first-order valence-corrected chi connectivity index (χ1v) is 7.99. The number of allylic oxidation sites excluding steroid dienone is 2. The average molecular weight is 400 g/mol. The number of para-hydroxylation sites is 1. The third-order valence-electron chi connectivity index (χ3n) is 3.62. The van der Waals surface area contributed by atoms with Gasteiger partial charge in [0.1, 0.15) is 11.5 Å². The summed E-state index contributed by atoms with van der Waals surface area (Å²) in [4.78, 5) is 4.49. The molecule has 25 heavy (non-hydrogen) atoms. The van der Waals surface area contributed by atoms with E-state index in [0.717, 1.165) is 28.3 Å². The van der Waals surface area contributed by atoms with Crippen molar-refractivity contribution in [1.82, 2.24) is 0 Å². The average Bonchev–Trinajstić information content (AvgIpc) is 2.56.